The minimum Gasteiger partial charge on any atom is -0.327 e. The molecular formula is C11H25N3. The Morgan fingerprint density at radius 3 is 2.14 bits per heavy atom. The van der Waals surface area contributed by atoms with Crippen molar-refractivity contribution in [1.82, 2.24) is 9.80 Å². The van der Waals surface area contributed by atoms with E-state index in [4.69, 9.17) is 5.73 Å². The van der Waals surface area contributed by atoms with Crippen LogP contribution in [0, 0.1) is 0 Å². The third-order valence-electron chi connectivity index (χ3n) is 3.17. The van der Waals surface area contributed by atoms with Gasteiger partial charge in [0.25, 0.3) is 0 Å². The lowest BCUT2D eigenvalue weighted by molar-refractivity contribution is 0.0979. The predicted molar refractivity (Wildman–Crippen MR) is 61.4 cm³/mol. The minimum atomic E-state index is 0.310. The van der Waals surface area contributed by atoms with E-state index >= 15 is 0 Å². The normalized spacial score (nSPS) is 24.9. The van der Waals surface area contributed by atoms with E-state index in [1.165, 1.54) is 32.6 Å². The molecule has 84 valence electrons. The first-order valence-electron chi connectivity index (χ1n) is 5.85. The maximum Gasteiger partial charge on any atom is 0.0139 e. The molecule has 0 aromatic carbocycles. The summed E-state index contributed by atoms with van der Waals surface area (Å²) < 4.78 is 0. The standard InChI is InChI=1S/C11H25N3/c1-4-11(3)14-7-5-13(6-8-14)9-10(2)12/h10-11H,4-9,12H2,1-3H3. The van der Waals surface area contributed by atoms with E-state index in [0.717, 1.165) is 12.6 Å². The molecule has 1 heterocycles. The zero-order valence-corrected chi connectivity index (χ0v) is 9.87. The maximum absolute atomic E-state index is 5.79. The van der Waals surface area contributed by atoms with Crippen LogP contribution in [0.1, 0.15) is 27.2 Å². The van der Waals surface area contributed by atoms with Gasteiger partial charge >= 0.3 is 0 Å². The van der Waals surface area contributed by atoms with Crippen molar-refractivity contribution in [2.75, 3.05) is 32.7 Å². The molecule has 3 heteroatoms. The molecular weight excluding hydrogens is 174 g/mol. The van der Waals surface area contributed by atoms with Gasteiger partial charge in [0, 0.05) is 44.8 Å². The fourth-order valence-corrected chi connectivity index (χ4v) is 2.05. The lowest BCUT2D eigenvalue weighted by atomic mass is 10.2. The van der Waals surface area contributed by atoms with Crippen LogP contribution in [0.4, 0.5) is 0 Å². The Balaban J connectivity index is 2.24. The first-order chi connectivity index (χ1) is 6.63. The number of hydrogen-bond donors (Lipinski definition) is 1. The summed E-state index contributed by atoms with van der Waals surface area (Å²) in [5.41, 5.74) is 5.79. The molecule has 1 fully saturated rings. The molecule has 2 N–H and O–H groups in total. The van der Waals surface area contributed by atoms with Gasteiger partial charge in [0.15, 0.2) is 0 Å². The quantitative estimate of drug-likeness (QED) is 0.725. The van der Waals surface area contributed by atoms with E-state index in [1.54, 1.807) is 0 Å². The van der Waals surface area contributed by atoms with Crippen molar-refractivity contribution >= 4 is 0 Å². The number of nitrogens with two attached hydrogens (primary N) is 1. The Hall–Kier alpha value is -0.120. The molecule has 0 aliphatic carbocycles. The molecule has 0 radical (unpaired) electrons. The van der Waals surface area contributed by atoms with Gasteiger partial charge in [-0.05, 0) is 20.3 Å². The smallest absolute Gasteiger partial charge is 0.0139 e. The highest BCUT2D eigenvalue weighted by atomic mass is 15.3. The Morgan fingerprint density at radius 1 is 1.14 bits per heavy atom. The maximum atomic E-state index is 5.79. The number of rotatable bonds is 4. The largest absolute Gasteiger partial charge is 0.327 e. The molecule has 0 aromatic rings. The van der Waals surface area contributed by atoms with Crippen molar-refractivity contribution < 1.29 is 0 Å². The van der Waals surface area contributed by atoms with Gasteiger partial charge in [-0.25, -0.2) is 0 Å². The lowest BCUT2D eigenvalue weighted by Crippen LogP contribution is -2.51. The Bertz CT molecular complexity index is 151. The molecule has 0 aromatic heterocycles. The van der Waals surface area contributed by atoms with Gasteiger partial charge in [-0.2, -0.15) is 0 Å². The van der Waals surface area contributed by atoms with Crippen LogP contribution in [0.3, 0.4) is 0 Å². The second-order valence-corrected chi connectivity index (χ2v) is 4.57. The van der Waals surface area contributed by atoms with Gasteiger partial charge in [-0.1, -0.05) is 6.92 Å². The minimum absolute atomic E-state index is 0.310. The van der Waals surface area contributed by atoms with Crippen LogP contribution in [-0.4, -0.2) is 54.6 Å². The van der Waals surface area contributed by atoms with Crippen molar-refractivity contribution in [2.24, 2.45) is 5.73 Å². The summed E-state index contributed by atoms with van der Waals surface area (Å²) >= 11 is 0. The van der Waals surface area contributed by atoms with Crippen LogP contribution < -0.4 is 5.73 Å². The van der Waals surface area contributed by atoms with Crippen molar-refractivity contribution in [2.45, 2.75) is 39.3 Å². The summed E-state index contributed by atoms with van der Waals surface area (Å²) in [5.74, 6) is 0. The molecule has 1 rings (SSSR count). The molecule has 0 spiro atoms. The Labute approximate surface area is 88.2 Å². The highest BCUT2D eigenvalue weighted by Gasteiger charge is 2.20. The van der Waals surface area contributed by atoms with E-state index in [9.17, 15) is 0 Å². The number of nitrogens with zero attached hydrogens (tertiary/aromatic N) is 2. The molecule has 0 bridgehead atoms. The van der Waals surface area contributed by atoms with Crippen molar-refractivity contribution in [1.29, 1.82) is 0 Å². The van der Waals surface area contributed by atoms with E-state index in [2.05, 4.69) is 30.6 Å². The monoisotopic (exact) mass is 199 g/mol. The van der Waals surface area contributed by atoms with Gasteiger partial charge in [0.1, 0.15) is 0 Å². The van der Waals surface area contributed by atoms with Crippen LogP contribution in [0.15, 0.2) is 0 Å². The molecule has 0 saturated carbocycles. The highest BCUT2D eigenvalue weighted by molar-refractivity contribution is 4.76. The first-order valence-corrected chi connectivity index (χ1v) is 5.85. The highest BCUT2D eigenvalue weighted by Crippen LogP contribution is 2.08. The summed E-state index contributed by atoms with van der Waals surface area (Å²) in [4.78, 5) is 5.06. The second kappa shape index (κ2) is 5.69. The van der Waals surface area contributed by atoms with Crippen molar-refractivity contribution in [3.05, 3.63) is 0 Å². The van der Waals surface area contributed by atoms with Crippen LogP contribution in [0.2, 0.25) is 0 Å². The molecule has 1 saturated heterocycles. The molecule has 14 heavy (non-hydrogen) atoms. The van der Waals surface area contributed by atoms with E-state index in [1.807, 2.05) is 0 Å². The Kier molecular flexibility index (Phi) is 4.85. The average molecular weight is 199 g/mol. The second-order valence-electron chi connectivity index (χ2n) is 4.57. The van der Waals surface area contributed by atoms with Gasteiger partial charge in [-0.15, -0.1) is 0 Å². The summed E-state index contributed by atoms with van der Waals surface area (Å²) in [6, 6.07) is 1.05. The SMILES string of the molecule is CCC(C)N1CCN(CC(C)N)CC1. The topological polar surface area (TPSA) is 32.5 Å². The van der Waals surface area contributed by atoms with Crippen LogP contribution in [0.5, 0.6) is 0 Å². The summed E-state index contributed by atoms with van der Waals surface area (Å²) in [7, 11) is 0. The number of piperazine rings is 1. The molecule has 2 unspecified atom stereocenters. The fourth-order valence-electron chi connectivity index (χ4n) is 2.05. The summed E-state index contributed by atoms with van der Waals surface area (Å²) in [6.45, 7) is 12.5. The van der Waals surface area contributed by atoms with Gasteiger partial charge < -0.3 is 5.73 Å². The molecule has 2 atom stereocenters. The van der Waals surface area contributed by atoms with Gasteiger partial charge in [0.05, 0.1) is 0 Å². The first kappa shape index (κ1) is 12.0. The van der Waals surface area contributed by atoms with Crippen LogP contribution in [0.25, 0.3) is 0 Å². The van der Waals surface area contributed by atoms with Crippen molar-refractivity contribution in [3.63, 3.8) is 0 Å². The lowest BCUT2D eigenvalue weighted by Gasteiger charge is -2.38. The fraction of sp³-hybridized carbons (Fsp3) is 1.00. The zero-order valence-electron chi connectivity index (χ0n) is 9.87. The molecule has 3 nitrogen and oxygen atoms in total. The van der Waals surface area contributed by atoms with Crippen molar-refractivity contribution in [3.8, 4) is 0 Å². The summed E-state index contributed by atoms with van der Waals surface area (Å²) in [5, 5.41) is 0. The van der Waals surface area contributed by atoms with E-state index in [0.29, 0.717) is 6.04 Å². The zero-order chi connectivity index (χ0) is 10.6. The summed E-state index contributed by atoms with van der Waals surface area (Å²) in [6.07, 6.45) is 1.26. The third kappa shape index (κ3) is 3.56. The third-order valence-corrected chi connectivity index (χ3v) is 3.17. The van der Waals surface area contributed by atoms with Crippen LogP contribution in [-0.2, 0) is 0 Å². The van der Waals surface area contributed by atoms with Crippen LogP contribution >= 0.6 is 0 Å². The average Bonchev–Trinajstić information content (AvgIpc) is 2.17. The number of hydrogen-bond acceptors (Lipinski definition) is 3. The molecule has 1 aliphatic rings. The van der Waals surface area contributed by atoms with Gasteiger partial charge in [-0.3, -0.25) is 9.80 Å². The Morgan fingerprint density at radius 2 is 1.71 bits per heavy atom. The van der Waals surface area contributed by atoms with E-state index in [-0.39, 0.29) is 0 Å². The molecule has 1 aliphatic heterocycles. The van der Waals surface area contributed by atoms with Gasteiger partial charge in [0.2, 0.25) is 0 Å². The predicted octanol–water partition coefficient (Wildman–Crippen LogP) is 0.750. The van der Waals surface area contributed by atoms with E-state index < -0.39 is 0 Å². The molecule has 0 amide bonds.